The van der Waals surface area contributed by atoms with E-state index in [1.165, 1.54) is 29.9 Å². The largest absolute Gasteiger partial charge is 0.416 e. The Kier molecular flexibility index (Phi) is 5.27. The van der Waals surface area contributed by atoms with Crippen LogP contribution in [-0.2, 0) is 19.8 Å². The molecule has 1 aromatic carbocycles. The number of hydrogen-bond donors (Lipinski definition) is 1. The third kappa shape index (κ3) is 4.36. The molecule has 152 valence electrons. The van der Waals surface area contributed by atoms with Crippen molar-refractivity contribution in [2.75, 3.05) is 0 Å². The summed E-state index contributed by atoms with van der Waals surface area (Å²) in [5, 5.41) is 10.4. The van der Waals surface area contributed by atoms with Crippen molar-refractivity contribution in [3.8, 4) is 5.69 Å². The Balaban J connectivity index is 1.88. The van der Waals surface area contributed by atoms with Crippen molar-refractivity contribution >= 4 is 5.91 Å². The van der Waals surface area contributed by atoms with E-state index in [4.69, 9.17) is 0 Å². The van der Waals surface area contributed by atoms with Gasteiger partial charge in [-0.15, -0.1) is 0 Å². The molecule has 0 aliphatic heterocycles. The Morgan fingerprint density at radius 2 is 1.83 bits per heavy atom. The minimum Gasteiger partial charge on any atom is -0.347 e. The predicted octanol–water partition coefficient (Wildman–Crippen LogP) is 2.53. The zero-order valence-corrected chi connectivity index (χ0v) is 15.9. The standard InChI is InChI=1S/C19H18F3N5O2/c1-11-8-12(2)27(24-11)14-5-4-13(15(9-14)19(20,21)22)10-23-18(29)16-6-7-17(28)26(3)25-16/h4-9H,10H2,1-3H3,(H,23,29). The van der Waals surface area contributed by atoms with Crippen LogP contribution in [0.4, 0.5) is 13.2 Å². The molecule has 0 bridgehead atoms. The van der Waals surface area contributed by atoms with E-state index in [0.717, 1.165) is 16.8 Å². The van der Waals surface area contributed by atoms with Crippen LogP contribution in [0.5, 0.6) is 0 Å². The molecular weight excluding hydrogens is 387 g/mol. The molecule has 0 fully saturated rings. The SMILES string of the molecule is Cc1cc(C)n(-c2ccc(CNC(=O)c3ccc(=O)n(C)n3)c(C(F)(F)F)c2)n1. The predicted molar refractivity (Wildman–Crippen MR) is 98.7 cm³/mol. The summed E-state index contributed by atoms with van der Waals surface area (Å²) in [4.78, 5) is 23.5. The van der Waals surface area contributed by atoms with Crippen molar-refractivity contribution in [2.45, 2.75) is 26.6 Å². The Bertz CT molecular complexity index is 1130. The molecule has 0 aliphatic carbocycles. The summed E-state index contributed by atoms with van der Waals surface area (Å²) in [6, 6.07) is 7.97. The Hall–Kier alpha value is -3.43. The van der Waals surface area contributed by atoms with Crippen LogP contribution < -0.4 is 10.9 Å². The van der Waals surface area contributed by atoms with E-state index >= 15 is 0 Å². The zero-order valence-electron chi connectivity index (χ0n) is 15.9. The number of carbonyl (C=O) groups excluding carboxylic acids is 1. The van der Waals surface area contributed by atoms with Crippen LogP contribution in [0.3, 0.4) is 0 Å². The maximum Gasteiger partial charge on any atom is 0.416 e. The number of alkyl halides is 3. The molecule has 0 saturated heterocycles. The highest BCUT2D eigenvalue weighted by Crippen LogP contribution is 2.33. The van der Waals surface area contributed by atoms with Crippen LogP contribution in [0.1, 0.15) is 33.0 Å². The number of hydrogen-bond acceptors (Lipinski definition) is 4. The number of amides is 1. The molecule has 7 nitrogen and oxygen atoms in total. The summed E-state index contributed by atoms with van der Waals surface area (Å²) in [6.07, 6.45) is -4.61. The summed E-state index contributed by atoms with van der Waals surface area (Å²) in [7, 11) is 1.37. The lowest BCUT2D eigenvalue weighted by Crippen LogP contribution is -2.28. The summed E-state index contributed by atoms with van der Waals surface area (Å²) < 4.78 is 43.2. The number of rotatable bonds is 4. The Labute approximate surface area is 163 Å². The lowest BCUT2D eigenvalue weighted by Gasteiger charge is -2.16. The van der Waals surface area contributed by atoms with Gasteiger partial charge in [0.15, 0.2) is 0 Å². The molecule has 29 heavy (non-hydrogen) atoms. The van der Waals surface area contributed by atoms with E-state index in [-0.39, 0.29) is 23.5 Å². The van der Waals surface area contributed by atoms with Gasteiger partial charge in [-0.25, -0.2) is 9.36 Å². The fraction of sp³-hybridized carbons (Fsp3) is 0.263. The zero-order chi connectivity index (χ0) is 21.3. The summed E-state index contributed by atoms with van der Waals surface area (Å²) in [6.45, 7) is 3.16. The molecule has 1 amide bonds. The summed E-state index contributed by atoms with van der Waals surface area (Å²) in [5.41, 5.74) is 0.241. The van der Waals surface area contributed by atoms with Crippen molar-refractivity contribution in [3.05, 3.63) is 75.0 Å². The molecular formula is C19H18F3N5O2. The lowest BCUT2D eigenvalue weighted by atomic mass is 10.1. The molecule has 3 aromatic rings. The topological polar surface area (TPSA) is 81.8 Å². The number of nitrogens with one attached hydrogen (secondary N) is 1. The average Bonchev–Trinajstić information content (AvgIpc) is 2.99. The molecule has 0 radical (unpaired) electrons. The number of carbonyl (C=O) groups is 1. The third-order valence-electron chi connectivity index (χ3n) is 4.29. The minimum atomic E-state index is -4.61. The monoisotopic (exact) mass is 405 g/mol. The van der Waals surface area contributed by atoms with Gasteiger partial charge in [-0.1, -0.05) is 6.07 Å². The molecule has 0 spiro atoms. The number of aromatic nitrogens is 4. The second-order valence-electron chi connectivity index (χ2n) is 6.54. The molecule has 0 saturated carbocycles. The quantitative estimate of drug-likeness (QED) is 0.723. The van der Waals surface area contributed by atoms with E-state index in [1.807, 2.05) is 0 Å². The van der Waals surface area contributed by atoms with Crippen LogP contribution in [-0.4, -0.2) is 25.5 Å². The smallest absolute Gasteiger partial charge is 0.347 e. The maximum absolute atomic E-state index is 13.6. The molecule has 3 rings (SSSR count). The van der Waals surface area contributed by atoms with Crippen molar-refractivity contribution < 1.29 is 18.0 Å². The highest BCUT2D eigenvalue weighted by Gasteiger charge is 2.34. The van der Waals surface area contributed by atoms with E-state index in [0.29, 0.717) is 11.4 Å². The van der Waals surface area contributed by atoms with Crippen molar-refractivity contribution in [1.29, 1.82) is 0 Å². The fourth-order valence-electron chi connectivity index (χ4n) is 2.89. The van der Waals surface area contributed by atoms with Crippen LogP contribution >= 0.6 is 0 Å². The molecule has 0 atom stereocenters. The number of halogens is 3. The van der Waals surface area contributed by atoms with Gasteiger partial charge < -0.3 is 5.32 Å². The van der Waals surface area contributed by atoms with Gasteiger partial charge in [0, 0.05) is 25.4 Å². The number of nitrogens with zero attached hydrogens (tertiary/aromatic N) is 4. The first-order valence-electron chi connectivity index (χ1n) is 8.62. The van der Waals surface area contributed by atoms with Gasteiger partial charge in [0.25, 0.3) is 11.5 Å². The van der Waals surface area contributed by atoms with Crippen LogP contribution in [0.15, 0.2) is 41.2 Å². The van der Waals surface area contributed by atoms with E-state index in [9.17, 15) is 22.8 Å². The highest BCUT2D eigenvalue weighted by atomic mass is 19.4. The first kappa shape index (κ1) is 20.3. The van der Waals surface area contributed by atoms with Gasteiger partial charge >= 0.3 is 6.18 Å². The van der Waals surface area contributed by atoms with Gasteiger partial charge in [-0.05, 0) is 43.7 Å². The van der Waals surface area contributed by atoms with Gasteiger partial charge in [0.1, 0.15) is 5.69 Å². The second-order valence-corrected chi connectivity index (χ2v) is 6.54. The Morgan fingerprint density at radius 1 is 1.10 bits per heavy atom. The van der Waals surface area contributed by atoms with Gasteiger partial charge in [-0.3, -0.25) is 9.59 Å². The van der Waals surface area contributed by atoms with E-state index < -0.39 is 23.2 Å². The first-order chi connectivity index (χ1) is 13.6. The Morgan fingerprint density at radius 3 is 2.41 bits per heavy atom. The molecule has 10 heteroatoms. The van der Waals surface area contributed by atoms with E-state index in [2.05, 4.69) is 15.5 Å². The maximum atomic E-state index is 13.6. The summed E-state index contributed by atoms with van der Waals surface area (Å²) in [5.74, 6) is -0.684. The normalized spacial score (nSPS) is 11.5. The van der Waals surface area contributed by atoms with Crippen LogP contribution in [0, 0.1) is 13.8 Å². The molecule has 2 heterocycles. The second kappa shape index (κ2) is 7.53. The summed E-state index contributed by atoms with van der Waals surface area (Å²) >= 11 is 0. The molecule has 1 N–H and O–H groups in total. The van der Waals surface area contributed by atoms with Crippen LogP contribution in [0.25, 0.3) is 5.69 Å². The van der Waals surface area contributed by atoms with Crippen molar-refractivity contribution in [1.82, 2.24) is 24.9 Å². The molecule has 0 unspecified atom stereocenters. The van der Waals surface area contributed by atoms with Crippen LogP contribution in [0.2, 0.25) is 0 Å². The van der Waals surface area contributed by atoms with Gasteiger partial charge in [0.05, 0.1) is 16.9 Å². The fourth-order valence-corrected chi connectivity index (χ4v) is 2.89. The van der Waals surface area contributed by atoms with Gasteiger partial charge in [-0.2, -0.15) is 23.4 Å². The number of aryl methyl sites for hydroxylation is 3. The highest BCUT2D eigenvalue weighted by molar-refractivity contribution is 5.91. The van der Waals surface area contributed by atoms with Crippen molar-refractivity contribution in [2.24, 2.45) is 7.05 Å². The van der Waals surface area contributed by atoms with Gasteiger partial charge in [0.2, 0.25) is 0 Å². The van der Waals surface area contributed by atoms with E-state index in [1.54, 1.807) is 19.9 Å². The molecule has 0 aliphatic rings. The minimum absolute atomic E-state index is 0.0695. The third-order valence-corrected chi connectivity index (χ3v) is 4.29. The lowest BCUT2D eigenvalue weighted by molar-refractivity contribution is -0.138. The average molecular weight is 405 g/mol. The van der Waals surface area contributed by atoms with Crippen molar-refractivity contribution in [3.63, 3.8) is 0 Å². The number of benzene rings is 1. The first-order valence-corrected chi connectivity index (χ1v) is 8.62. The molecule has 2 aromatic heterocycles.